The van der Waals surface area contributed by atoms with Gasteiger partial charge in [-0.3, -0.25) is 0 Å². The summed E-state index contributed by atoms with van der Waals surface area (Å²) in [7, 11) is -3.54. The lowest BCUT2D eigenvalue weighted by Crippen LogP contribution is -2.51. The standard InChI is InChI=1S/C12H19N3O3S/c1-3-10-8-18-9(2)7-15(10)19(16,17)11-4-5-12(13)14-6-11/h4-6,9-10H,3,7-8H2,1-2H3,(H2,13,14). The van der Waals surface area contributed by atoms with Gasteiger partial charge in [0.15, 0.2) is 0 Å². The van der Waals surface area contributed by atoms with Gasteiger partial charge in [-0.2, -0.15) is 4.31 Å². The first-order valence-corrected chi connectivity index (χ1v) is 7.74. The highest BCUT2D eigenvalue weighted by Gasteiger charge is 2.35. The number of rotatable bonds is 3. The highest BCUT2D eigenvalue weighted by molar-refractivity contribution is 7.89. The van der Waals surface area contributed by atoms with E-state index in [1.54, 1.807) is 0 Å². The minimum Gasteiger partial charge on any atom is -0.384 e. The SMILES string of the molecule is CCC1COC(C)CN1S(=O)(=O)c1ccc(N)nc1. The molecule has 0 spiro atoms. The Bertz CT molecular complexity index is 530. The van der Waals surface area contributed by atoms with Crippen LogP contribution in [0.5, 0.6) is 0 Å². The van der Waals surface area contributed by atoms with Crippen molar-refractivity contribution in [2.45, 2.75) is 37.3 Å². The number of anilines is 1. The largest absolute Gasteiger partial charge is 0.384 e. The summed E-state index contributed by atoms with van der Waals surface area (Å²) < 4.78 is 32.2. The van der Waals surface area contributed by atoms with Gasteiger partial charge in [0.05, 0.1) is 12.7 Å². The highest BCUT2D eigenvalue weighted by Crippen LogP contribution is 2.23. The number of morpholine rings is 1. The van der Waals surface area contributed by atoms with Crippen molar-refractivity contribution in [3.05, 3.63) is 18.3 Å². The minimum absolute atomic E-state index is 0.0979. The Morgan fingerprint density at radius 3 is 2.84 bits per heavy atom. The summed E-state index contributed by atoms with van der Waals surface area (Å²) in [6.07, 6.45) is 1.92. The first-order valence-electron chi connectivity index (χ1n) is 6.30. The van der Waals surface area contributed by atoms with E-state index in [0.717, 1.165) is 0 Å². The monoisotopic (exact) mass is 285 g/mol. The van der Waals surface area contributed by atoms with Crippen molar-refractivity contribution >= 4 is 15.8 Å². The third kappa shape index (κ3) is 2.88. The number of hydrogen-bond acceptors (Lipinski definition) is 5. The Labute approximate surface area is 113 Å². The molecule has 0 bridgehead atoms. The normalized spacial score (nSPS) is 25.4. The number of hydrogen-bond donors (Lipinski definition) is 1. The predicted molar refractivity (Wildman–Crippen MR) is 72.0 cm³/mol. The highest BCUT2D eigenvalue weighted by atomic mass is 32.2. The first kappa shape index (κ1) is 14.2. The molecule has 1 fully saturated rings. The van der Waals surface area contributed by atoms with Crippen LogP contribution in [-0.2, 0) is 14.8 Å². The average molecular weight is 285 g/mol. The molecule has 1 aliphatic rings. The van der Waals surface area contributed by atoms with Crippen LogP contribution >= 0.6 is 0 Å². The van der Waals surface area contributed by atoms with Crippen molar-refractivity contribution in [1.29, 1.82) is 0 Å². The molecule has 2 unspecified atom stereocenters. The topological polar surface area (TPSA) is 85.5 Å². The lowest BCUT2D eigenvalue weighted by Gasteiger charge is -2.37. The molecule has 6 nitrogen and oxygen atoms in total. The van der Waals surface area contributed by atoms with E-state index in [4.69, 9.17) is 10.5 Å². The molecule has 1 aromatic heterocycles. The summed E-state index contributed by atoms with van der Waals surface area (Å²) in [5, 5.41) is 0. The number of pyridine rings is 1. The molecular weight excluding hydrogens is 266 g/mol. The van der Waals surface area contributed by atoms with E-state index in [2.05, 4.69) is 4.98 Å². The molecule has 19 heavy (non-hydrogen) atoms. The van der Waals surface area contributed by atoms with Gasteiger partial charge in [-0.1, -0.05) is 6.92 Å². The van der Waals surface area contributed by atoms with Crippen molar-refractivity contribution in [3.63, 3.8) is 0 Å². The second kappa shape index (κ2) is 5.44. The number of nitrogens with two attached hydrogens (primary N) is 1. The fourth-order valence-electron chi connectivity index (χ4n) is 2.11. The van der Waals surface area contributed by atoms with Crippen LogP contribution in [0.4, 0.5) is 5.82 Å². The zero-order chi connectivity index (χ0) is 14.0. The van der Waals surface area contributed by atoms with E-state index in [1.807, 2.05) is 13.8 Å². The second-order valence-electron chi connectivity index (χ2n) is 4.70. The van der Waals surface area contributed by atoms with E-state index in [0.29, 0.717) is 25.4 Å². The van der Waals surface area contributed by atoms with Gasteiger partial charge in [0.1, 0.15) is 10.7 Å². The molecule has 2 heterocycles. The number of nitrogen functional groups attached to an aromatic ring is 1. The fourth-order valence-corrected chi connectivity index (χ4v) is 3.81. The maximum absolute atomic E-state index is 12.6. The summed E-state index contributed by atoms with van der Waals surface area (Å²) >= 11 is 0. The van der Waals surface area contributed by atoms with Gasteiger partial charge < -0.3 is 10.5 Å². The van der Waals surface area contributed by atoms with Gasteiger partial charge in [-0.15, -0.1) is 0 Å². The minimum atomic E-state index is -3.54. The Morgan fingerprint density at radius 1 is 1.53 bits per heavy atom. The molecule has 0 saturated carbocycles. The van der Waals surface area contributed by atoms with Crippen LogP contribution in [0.25, 0.3) is 0 Å². The predicted octanol–water partition coefficient (Wildman–Crippen LogP) is 0.852. The van der Waals surface area contributed by atoms with Crippen molar-refractivity contribution < 1.29 is 13.2 Å². The van der Waals surface area contributed by atoms with E-state index in [1.165, 1.54) is 22.6 Å². The number of ether oxygens (including phenoxy) is 1. The van der Waals surface area contributed by atoms with Crippen LogP contribution in [0.3, 0.4) is 0 Å². The average Bonchev–Trinajstić information content (AvgIpc) is 2.39. The molecular formula is C12H19N3O3S. The summed E-state index contributed by atoms with van der Waals surface area (Å²) in [5.41, 5.74) is 5.48. The maximum Gasteiger partial charge on any atom is 0.245 e. The molecule has 0 radical (unpaired) electrons. The molecule has 2 N–H and O–H groups in total. The fraction of sp³-hybridized carbons (Fsp3) is 0.583. The third-order valence-electron chi connectivity index (χ3n) is 3.25. The number of nitrogens with zero attached hydrogens (tertiary/aromatic N) is 2. The third-order valence-corrected chi connectivity index (χ3v) is 5.16. The van der Waals surface area contributed by atoms with Gasteiger partial charge in [0.25, 0.3) is 0 Å². The van der Waals surface area contributed by atoms with Gasteiger partial charge >= 0.3 is 0 Å². The van der Waals surface area contributed by atoms with Gasteiger partial charge in [0, 0.05) is 18.8 Å². The lowest BCUT2D eigenvalue weighted by molar-refractivity contribution is -0.0230. The Balaban J connectivity index is 2.33. The van der Waals surface area contributed by atoms with E-state index >= 15 is 0 Å². The zero-order valence-corrected chi connectivity index (χ0v) is 11.9. The van der Waals surface area contributed by atoms with Crippen LogP contribution in [-0.4, -0.2) is 43.0 Å². The molecule has 0 aliphatic carbocycles. The molecule has 7 heteroatoms. The Kier molecular flexibility index (Phi) is 4.07. The molecule has 0 amide bonds. The number of sulfonamides is 1. The molecule has 1 saturated heterocycles. The summed E-state index contributed by atoms with van der Waals surface area (Å²) in [6, 6.07) is 2.86. The summed E-state index contributed by atoms with van der Waals surface area (Å²) in [5.74, 6) is 0.307. The van der Waals surface area contributed by atoms with Gasteiger partial charge in [-0.25, -0.2) is 13.4 Å². The Morgan fingerprint density at radius 2 is 2.26 bits per heavy atom. The second-order valence-corrected chi connectivity index (χ2v) is 6.59. The quantitative estimate of drug-likeness (QED) is 0.890. The maximum atomic E-state index is 12.6. The lowest BCUT2D eigenvalue weighted by atomic mass is 10.2. The summed E-state index contributed by atoms with van der Waals surface area (Å²) in [4.78, 5) is 4.03. The zero-order valence-electron chi connectivity index (χ0n) is 11.1. The molecule has 1 aliphatic heterocycles. The van der Waals surface area contributed by atoms with E-state index < -0.39 is 10.0 Å². The van der Waals surface area contributed by atoms with Crippen molar-refractivity contribution in [2.75, 3.05) is 18.9 Å². The van der Waals surface area contributed by atoms with Crippen molar-refractivity contribution in [1.82, 2.24) is 9.29 Å². The Hall–Kier alpha value is -1.18. The van der Waals surface area contributed by atoms with Crippen molar-refractivity contribution in [2.24, 2.45) is 0 Å². The number of aromatic nitrogens is 1. The molecule has 0 aromatic carbocycles. The summed E-state index contributed by atoms with van der Waals surface area (Å²) in [6.45, 7) is 4.62. The van der Waals surface area contributed by atoms with Crippen LogP contribution in [0, 0.1) is 0 Å². The molecule has 2 atom stereocenters. The molecule has 2 rings (SSSR count). The van der Waals surface area contributed by atoms with Gasteiger partial charge in [0.2, 0.25) is 10.0 Å². The smallest absolute Gasteiger partial charge is 0.245 e. The van der Waals surface area contributed by atoms with E-state index in [9.17, 15) is 8.42 Å². The van der Waals surface area contributed by atoms with Gasteiger partial charge in [-0.05, 0) is 25.5 Å². The molecule has 106 valence electrons. The van der Waals surface area contributed by atoms with Crippen LogP contribution in [0.1, 0.15) is 20.3 Å². The van der Waals surface area contributed by atoms with Crippen molar-refractivity contribution in [3.8, 4) is 0 Å². The van der Waals surface area contributed by atoms with E-state index in [-0.39, 0.29) is 17.0 Å². The van der Waals surface area contributed by atoms with Crippen LogP contribution < -0.4 is 5.73 Å². The molecule has 1 aromatic rings. The van der Waals surface area contributed by atoms with Crippen LogP contribution in [0.2, 0.25) is 0 Å². The first-order chi connectivity index (χ1) is 8.95. The van der Waals surface area contributed by atoms with Crippen LogP contribution in [0.15, 0.2) is 23.2 Å².